The van der Waals surface area contributed by atoms with Gasteiger partial charge in [-0.2, -0.15) is 0 Å². The van der Waals surface area contributed by atoms with Crippen LogP contribution < -0.4 is 10.6 Å². The average Bonchev–Trinajstić information content (AvgIpc) is 2.48. The molecule has 1 aromatic carbocycles. The number of hydrogen-bond donors (Lipinski definition) is 2. The van der Waals surface area contributed by atoms with Gasteiger partial charge < -0.3 is 15.4 Å². The maximum Gasteiger partial charge on any atom is 0.246 e. The molecule has 0 spiro atoms. The molecule has 5 heteroatoms. The number of anilines is 2. The minimum Gasteiger partial charge on any atom is -0.385 e. The zero-order valence-electron chi connectivity index (χ0n) is 11.3. The molecule has 0 aliphatic carbocycles. The van der Waals surface area contributed by atoms with Crippen LogP contribution in [0, 0.1) is 0 Å². The monoisotopic (exact) mass is 271 g/mol. The van der Waals surface area contributed by atoms with Crippen molar-refractivity contribution in [3.05, 3.63) is 30.5 Å². The van der Waals surface area contributed by atoms with Crippen molar-refractivity contribution in [3.8, 4) is 0 Å². The van der Waals surface area contributed by atoms with Crippen LogP contribution in [0.3, 0.4) is 0 Å². The third kappa shape index (κ3) is 2.32. The zero-order chi connectivity index (χ0) is 13.9. The Morgan fingerprint density at radius 1 is 1.35 bits per heavy atom. The molecule has 1 amide bonds. The van der Waals surface area contributed by atoms with E-state index < -0.39 is 0 Å². The first-order chi connectivity index (χ1) is 9.79. The van der Waals surface area contributed by atoms with Crippen molar-refractivity contribution < 1.29 is 9.53 Å². The lowest BCUT2D eigenvalue weighted by Crippen LogP contribution is -2.39. The Balaban J connectivity index is 1.91. The molecule has 104 valence electrons. The highest BCUT2D eigenvalue weighted by molar-refractivity contribution is 6.09. The fourth-order valence-corrected chi connectivity index (χ4v) is 2.49. The molecule has 0 bridgehead atoms. The van der Waals surface area contributed by atoms with Gasteiger partial charge in [0.15, 0.2) is 0 Å². The van der Waals surface area contributed by atoms with E-state index in [0.717, 1.165) is 35.1 Å². The molecule has 5 nitrogen and oxygen atoms in total. The lowest BCUT2D eigenvalue weighted by Gasteiger charge is -2.27. The van der Waals surface area contributed by atoms with E-state index in [1.807, 2.05) is 24.3 Å². The SMILES string of the molecule is COCCCC1Nc2c(cnc3ccccc23)NC1=O. The van der Waals surface area contributed by atoms with Crippen molar-refractivity contribution in [3.63, 3.8) is 0 Å². The summed E-state index contributed by atoms with van der Waals surface area (Å²) in [4.78, 5) is 16.4. The van der Waals surface area contributed by atoms with Gasteiger partial charge in [0.1, 0.15) is 6.04 Å². The van der Waals surface area contributed by atoms with Gasteiger partial charge in [0, 0.05) is 19.1 Å². The molecule has 0 saturated carbocycles. The highest BCUT2D eigenvalue weighted by Crippen LogP contribution is 2.33. The fraction of sp³-hybridized carbons (Fsp3) is 0.333. The molecule has 2 aromatic rings. The maximum atomic E-state index is 12.0. The number of aromatic nitrogens is 1. The van der Waals surface area contributed by atoms with E-state index in [9.17, 15) is 4.79 Å². The first-order valence-electron chi connectivity index (χ1n) is 6.73. The van der Waals surface area contributed by atoms with Crippen molar-refractivity contribution in [1.29, 1.82) is 0 Å². The third-order valence-electron chi connectivity index (χ3n) is 3.51. The minimum absolute atomic E-state index is 0.00863. The number of para-hydroxylation sites is 1. The molecule has 1 aliphatic rings. The number of nitrogens with zero attached hydrogens (tertiary/aromatic N) is 1. The van der Waals surface area contributed by atoms with Crippen molar-refractivity contribution in [2.24, 2.45) is 0 Å². The molecular weight excluding hydrogens is 254 g/mol. The normalized spacial score (nSPS) is 17.4. The fourth-order valence-electron chi connectivity index (χ4n) is 2.49. The molecule has 1 unspecified atom stereocenters. The molecule has 2 N–H and O–H groups in total. The van der Waals surface area contributed by atoms with Crippen LogP contribution in [0.2, 0.25) is 0 Å². The van der Waals surface area contributed by atoms with E-state index in [1.54, 1.807) is 13.3 Å². The summed E-state index contributed by atoms with van der Waals surface area (Å²) >= 11 is 0. The Morgan fingerprint density at radius 3 is 3.05 bits per heavy atom. The van der Waals surface area contributed by atoms with Gasteiger partial charge in [-0.25, -0.2) is 0 Å². The van der Waals surface area contributed by atoms with Gasteiger partial charge >= 0.3 is 0 Å². The number of nitrogens with one attached hydrogen (secondary N) is 2. The van der Waals surface area contributed by atoms with Crippen LogP contribution in [0.1, 0.15) is 12.8 Å². The minimum atomic E-state index is -0.219. The Labute approximate surface area is 117 Å². The Morgan fingerprint density at radius 2 is 2.20 bits per heavy atom. The van der Waals surface area contributed by atoms with E-state index in [0.29, 0.717) is 6.61 Å². The van der Waals surface area contributed by atoms with Gasteiger partial charge in [0.05, 0.1) is 23.1 Å². The van der Waals surface area contributed by atoms with Gasteiger partial charge in [0.25, 0.3) is 0 Å². The van der Waals surface area contributed by atoms with Crippen molar-refractivity contribution >= 4 is 28.2 Å². The molecule has 0 fully saturated rings. The zero-order valence-corrected chi connectivity index (χ0v) is 11.3. The van der Waals surface area contributed by atoms with Crippen LogP contribution in [0.4, 0.5) is 11.4 Å². The second-order valence-corrected chi connectivity index (χ2v) is 4.89. The van der Waals surface area contributed by atoms with Crippen LogP contribution in [-0.4, -0.2) is 30.6 Å². The highest BCUT2D eigenvalue weighted by Gasteiger charge is 2.26. The van der Waals surface area contributed by atoms with Crippen LogP contribution in [0.15, 0.2) is 30.5 Å². The van der Waals surface area contributed by atoms with Gasteiger partial charge in [0.2, 0.25) is 5.91 Å². The number of hydrogen-bond acceptors (Lipinski definition) is 4. The number of amides is 1. The lowest BCUT2D eigenvalue weighted by molar-refractivity contribution is -0.117. The molecule has 3 rings (SSSR count). The number of pyridine rings is 1. The third-order valence-corrected chi connectivity index (χ3v) is 3.51. The topological polar surface area (TPSA) is 63.2 Å². The number of carbonyl (C=O) groups is 1. The van der Waals surface area contributed by atoms with Gasteiger partial charge in [-0.15, -0.1) is 0 Å². The molecular formula is C15H17N3O2. The van der Waals surface area contributed by atoms with E-state index in [-0.39, 0.29) is 11.9 Å². The number of methoxy groups -OCH3 is 1. The van der Waals surface area contributed by atoms with Crippen molar-refractivity contribution in [1.82, 2.24) is 4.98 Å². The number of benzene rings is 1. The van der Waals surface area contributed by atoms with E-state index in [1.165, 1.54) is 0 Å². The van der Waals surface area contributed by atoms with Crippen LogP contribution in [0.5, 0.6) is 0 Å². The summed E-state index contributed by atoms with van der Waals surface area (Å²) in [6, 6.07) is 7.69. The maximum absolute atomic E-state index is 12.0. The van der Waals surface area contributed by atoms with E-state index in [2.05, 4.69) is 15.6 Å². The predicted octanol–water partition coefficient (Wildman–Crippen LogP) is 2.39. The standard InChI is InChI=1S/C15H17N3O2/c1-20-8-4-7-12-15(19)18-13-9-16-11-6-3-2-5-10(11)14(13)17-12/h2-3,5-6,9,12,17H,4,7-8H2,1H3,(H,18,19). The number of carbonyl (C=O) groups excluding carboxylic acids is 1. The quantitative estimate of drug-likeness (QED) is 0.838. The van der Waals surface area contributed by atoms with E-state index in [4.69, 9.17) is 4.74 Å². The largest absolute Gasteiger partial charge is 0.385 e. The molecule has 1 atom stereocenters. The first kappa shape index (κ1) is 12.9. The van der Waals surface area contributed by atoms with Gasteiger partial charge in [-0.1, -0.05) is 18.2 Å². The molecule has 1 aromatic heterocycles. The number of ether oxygens (including phenoxy) is 1. The lowest BCUT2D eigenvalue weighted by atomic mass is 10.0. The molecule has 0 radical (unpaired) electrons. The first-order valence-corrected chi connectivity index (χ1v) is 6.73. The smallest absolute Gasteiger partial charge is 0.246 e. The highest BCUT2D eigenvalue weighted by atomic mass is 16.5. The number of rotatable bonds is 4. The second kappa shape index (κ2) is 5.46. The molecule has 20 heavy (non-hydrogen) atoms. The summed E-state index contributed by atoms with van der Waals surface area (Å²) in [7, 11) is 1.67. The molecule has 1 aliphatic heterocycles. The second-order valence-electron chi connectivity index (χ2n) is 4.89. The summed E-state index contributed by atoms with van der Waals surface area (Å²) in [5, 5.41) is 7.29. The van der Waals surface area contributed by atoms with Crippen LogP contribution >= 0.6 is 0 Å². The molecule has 2 heterocycles. The predicted molar refractivity (Wildman–Crippen MR) is 78.9 cm³/mol. The number of fused-ring (bicyclic) bond motifs is 3. The summed E-state index contributed by atoms with van der Waals surface area (Å²) in [6.07, 6.45) is 3.30. The Bertz CT molecular complexity index is 642. The summed E-state index contributed by atoms with van der Waals surface area (Å²) in [6.45, 7) is 0.662. The summed E-state index contributed by atoms with van der Waals surface area (Å²) in [5.74, 6) is -0.00863. The Hall–Kier alpha value is -2.14. The van der Waals surface area contributed by atoms with Crippen LogP contribution in [-0.2, 0) is 9.53 Å². The summed E-state index contributed by atoms with van der Waals surface area (Å²) < 4.78 is 5.04. The van der Waals surface area contributed by atoms with Crippen LogP contribution in [0.25, 0.3) is 10.9 Å². The van der Waals surface area contributed by atoms with Crippen molar-refractivity contribution in [2.45, 2.75) is 18.9 Å². The summed E-state index contributed by atoms with van der Waals surface area (Å²) in [5.41, 5.74) is 2.62. The van der Waals surface area contributed by atoms with Gasteiger partial charge in [-0.05, 0) is 18.9 Å². The van der Waals surface area contributed by atoms with Gasteiger partial charge in [-0.3, -0.25) is 9.78 Å². The van der Waals surface area contributed by atoms with Crippen molar-refractivity contribution in [2.75, 3.05) is 24.4 Å². The average molecular weight is 271 g/mol. The van der Waals surface area contributed by atoms with E-state index >= 15 is 0 Å². The Kier molecular flexibility index (Phi) is 3.52. The molecule has 0 saturated heterocycles.